The molecule has 0 aromatic heterocycles. The molecule has 1 aromatic rings. The van der Waals surface area contributed by atoms with Crippen molar-refractivity contribution in [3.05, 3.63) is 45.3 Å². The first-order chi connectivity index (χ1) is 15.2. The second-order valence-electron chi connectivity index (χ2n) is 6.94. The number of ether oxygens (including phenoxy) is 4. The van der Waals surface area contributed by atoms with Gasteiger partial charge in [0, 0.05) is 30.7 Å². The van der Waals surface area contributed by atoms with Crippen molar-refractivity contribution in [2.24, 2.45) is 5.11 Å². The van der Waals surface area contributed by atoms with Crippen LogP contribution in [0.2, 0.25) is 5.02 Å². The highest BCUT2D eigenvalue weighted by molar-refractivity contribution is 7.99. The van der Waals surface area contributed by atoms with Crippen LogP contribution in [0.1, 0.15) is 26.3 Å². The molecule has 2 unspecified atom stereocenters. The number of carbonyl (C=O) groups excluding carboxylic acids is 3. The van der Waals surface area contributed by atoms with Crippen molar-refractivity contribution in [1.29, 1.82) is 0 Å². The number of hydrogen-bond donors (Lipinski definition) is 0. The first kappa shape index (κ1) is 25.8. The minimum atomic E-state index is -1.11. The highest BCUT2D eigenvalue weighted by atomic mass is 35.5. The fourth-order valence-electron chi connectivity index (χ4n) is 3.15. The number of hydrogen-bond acceptors (Lipinski definition) is 9. The normalized spacial score (nSPS) is 24.7. The molecule has 1 fully saturated rings. The number of esters is 3. The molecule has 0 amide bonds. The van der Waals surface area contributed by atoms with Crippen LogP contribution in [0.25, 0.3) is 10.4 Å². The van der Waals surface area contributed by atoms with Gasteiger partial charge in [-0.3, -0.25) is 14.4 Å². The van der Waals surface area contributed by atoms with Gasteiger partial charge in [0.2, 0.25) is 0 Å². The molecule has 12 heteroatoms. The van der Waals surface area contributed by atoms with E-state index in [0.29, 0.717) is 17.2 Å². The summed E-state index contributed by atoms with van der Waals surface area (Å²) in [6.45, 7) is 3.40. The van der Waals surface area contributed by atoms with E-state index in [4.69, 9.17) is 36.1 Å². The molecule has 0 N–H and O–H groups in total. The topological polar surface area (TPSA) is 137 Å². The number of nitrogens with zero attached hydrogens (tertiary/aromatic N) is 3. The largest absolute Gasteiger partial charge is 0.463 e. The van der Waals surface area contributed by atoms with Gasteiger partial charge in [-0.2, -0.15) is 0 Å². The Hall–Kier alpha value is -2.46. The molecule has 1 saturated heterocycles. The predicted molar refractivity (Wildman–Crippen MR) is 117 cm³/mol. The molecular formula is C20H24ClN3O7S. The summed E-state index contributed by atoms with van der Waals surface area (Å²) in [6.07, 6.45) is -2.38. The molecule has 10 nitrogen and oxygen atoms in total. The average Bonchev–Trinajstić information content (AvgIpc) is 2.71. The van der Waals surface area contributed by atoms with Gasteiger partial charge in [0.1, 0.15) is 36.4 Å². The molecule has 0 radical (unpaired) electrons. The van der Waals surface area contributed by atoms with E-state index in [2.05, 4.69) is 10.0 Å². The van der Waals surface area contributed by atoms with E-state index in [-0.39, 0.29) is 6.61 Å². The first-order valence-electron chi connectivity index (χ1n) is 9.74. The minimum absolute atomic E-state index is 0.230. The zero-order valence-corrected chi connectivity index (χ0v) is 19.4. The van der Waals surface area contributed by atoms with Crippen LogP contribution in [0.15, 0.2) is 29.4 Å². The van der Waals surface area contributed by atoms with Crippen LogP contribution in [-0.4, -0.2) is 60.1 Å². The third-order valence-electron chi connectivity index (χ3n) is 4.44. The maximum atomic E-state index is 11.7. The Morgan fingerprint density at radius 2 is 1.72 bits per heavy atom. The van der Waals surface area contributed by atoms with Crippen LogP contribution in [0.5, 0.6) is 0 Å². The quantitative estimate of drug-likeness (QED) is 0.170. The molecule has 32 heavy (non-hydrogen) atoms. The third kappa shape index (κ3) is 7.90. The average molecular weight is 486 g/mol. The molecule has 0 saturated carbocycles. The van der Waals surface area contributed by atoms with Crippen LogP contribution >= 0.6 is 23.4 Å². The van der Waals surface area contributed by atoms with Gasteiger partial charge in [-0.1, -0.05) is 28.8 Å². The van der Waals surface area contributed by atoms with Crippen LogP contribution in [0.3, 0.4) is 0 Å². The van der Waals surface area contributed by atoms with Crippen molar-refractivity contribution >= 4 is 41.3 Å². The van der Waals surface area contributed by atoms with Crippen LogP contribution in [0.4, 0.5) is 0 Å². The summed E-state index contributed by atoms with van der Waals surface area (Å²) in [4.78, 5) is 37.6. The third-order valence-corrected chi connectivity index (χ3v) is 5.84. The molecule has 0 spiro atoms. The number of rotatable bonds is 9. The monoisotopic (exact) mass is 485 g/mol. The number of aryl methyl sites for hydroxylation is 1. The molecule has 0 aliphatic carbocycles. The van der Waals surface area contributed by atoms with E-state index in [1.54, 1.807) is 12.1 Å². The lowest BCUT2D eigenvalue weighted by molar-refractivity contribution is -0.201. The number of halogens is 1. The molecule has 0 bridgehead atoms. The minimum Gasteiger partial charge on any atom is -0.463 e. The number of benzene rings is 1. The lowest BCUT2D eigenvalue weighted by Gasteiger charge is -2.43. The zero-order chi connectivity index (χ0) is 23.7. The van der Waals surface area contributed by atoms with Gasteiger partial charge in [0.25, 0.3) is 0 Å². The first-order valence-corrected chi connectivity index (χ1v) is 11.2. The van der Waals surface area contributed by atoms with Gasteiger partial charge in [0.15, 0.2) is 0 Å². The van der Waals surface area contributed by atoms with E-state index in [1.165, 1.54) is 32.5 Å². The van der Waals surface area contributed by atoms with Crippen molar-refractivity contribution in [2.75, 3.05) is 12.4 Å². The molecule has 1 aromatic carbocycles. The summed E-state index contributed by atoms with van der Waals surface area (Å²) in [5.41, 5.74) is 9.38. The molecule has 2 rings (SSSR count). The summed E-state index contributed by atoms with van der Waals surface area (Å²) >= 11 is 7.25. The Balaban J connectivity index is 2.25. The molecule has 5 atom stereocenters. The molecule has 174 valence electrons. The van der Waals surface area contributed by atoms with Crippen molar-refractivity contribution in [1.82, 2.24) is 0 Å². The van der Waals surface area contributed by atoms with Crippen LogP contribution in [0, 0.1) is 0 Å². The summed E-state index contributed by atoms with van der Waals surface area (Å²) < 4.78 is 21.8. The Kier molecular flexibility index (Phi) is 10.1. The van der Waals surface area contributed by atoms with E-state index in [0.717, 1.165) is 5.56 Å². The highest BCUT2D eigenvalue weighted by Gasteiger charge is 2.49. The number of carbonyl (C=O) groups is 3. The van der Waals surface area contributed by atoms with Crippen molar-refractivity contribution in [2.45, 2.75) is 57.0 Å². The summed E-state index contributed by atoms with van der Waals surface area (Å²) in [5, 5.41) is 4.37. The standard InChI is InChI=1S/C20H24ClN3O7S/c1-11(25)28-10-16-18(29-12(2)26)17(23-24-22)19(30-13(3)27)20(31-16)32-9-8-14-4-6-15(21)7-5-14/h4-7,16-20H,8-10H2,1-3H3/t16?,17?,18-,19-,20+/m0/s1. The SMILES string of the molecule is CC(=O)OCC1O[C@H](SCCc2ccc(Cl)cc2)[C@@H](OC(C)=O)C(N=[N+]=[N-])[C@H]1OC(C)=O. The fraction of sp³-hybridized carbons (Fsp3) is 0.550. The van der Waals surface area contributed by atoms with Crippen LogP contribution in [-0.2, 0) is 39.8 Å². The summed E-state index contributed by atoms with van der Waals surface area (Å²) in [5.74, 6) is -1.24. The Morgan fingerprint density at radius 3 is 2.28 bits per heavy atom. The Bertz CT molecular complexity index is 863. The lowest BCUT2D eigenvalue weighted by atomic mass is 9.97. The highest BCUT2D eigenvalue weighted by Crippen LogP contribution is 2.34. The van der Waals surface area contributed by atoms with Crippen LogP contribution < -0.4 is 0 Å². The van der Waals surface area contributed by atoms with Gasteiger partial charge < -0.3 is 18.9 Å². The second-order valence-corrected chi connectivity index (χ2v) is 8.58. The van der Waals surface area contributed by atoms with Gasteiger partial charge >= 0.3 is 17.9 Å². The Morgan fingerprint density at radius 1 is 1.09 bits per heavy atom. The summed E-state index contributed by atoms with van der Waals surface area (Å²) in [6, 6.07) is 6.30. The van der Waals surface area contributed by atoms with Crippen molar-refractivity contribution in [3.63, 3.8) is 0 Å². The summed E-state index contributed by atoms with van der Waals surface area (Å²) in [7, 11) is 0. The number of azide groups is 1. The smallest absolute Gasteiger partial charge is 0.303 e. The Labute approximate surface area is 194 Å². The molecular weight excluding hydrogens is 462 g/mol. The molecule has 1 heterocycles. The lowest BCUT2D eigenvalue weighted by Crippen LogP contribution is -2.59. The van der Waals surface area contributed by atoms with E-state index >= 15 is 0 Å². The molecule has 1 aliphatic rings. The van der Waals surface area contributed by atoms with Gasteiger partial charge in [-0.05, 0) is 35.4 Å². The fourth-order valence-corrected chi connectivity index (χ4v) is 4.49. The maximum Gasteiger partial charge on any atom is 0.303 e. The van der Waals surface area contributed by atoms with Crippen molar-refractivity contribution < 1.29 is 33.3 Å². The number of thioether (sulfide) groups is 1. The van der Waals surface area contributed by atoms with E-state index in [9.17, 15) is 14.4 Å². The maximum absolute atomic E-state index is 11.7. The van der Waals surface area contributed by atoms with E-state index in [1.807, 2.05) is 12.1 Å². The predicted octanol–water partition coefficient (Wildman–Crippen LogP) is 3.45. The van der Waals surface area contributed by atoms with Gasteiger partial charge in [-0.15, -0.1) is 11.8 Å². The second kappa shape index (κ2) is 12.5. The van der Waals surface area contributed by atoms with E-state index < -0.39 is 47.7 Å². The van der Waals surface area contributed by atoms with Crippen molar-refractivity contribution in [3.8, 4) is 0 Å². The molecule has 1 aliphatic heterocycles. The zero-order valence-electron chi connectivity index (χ0n) is 17.8. The van der Waals surface area contributed by atoms with Gasteiger partial charge in [0.05, 0.1) is 0 Å². The van der Waals surface area contributed by atoms with Gasteiger partial charge in [-0.25, -0.2) is 0 Å².